The van der Waals surface area contributed by atoms with E-state index >= 15 is 0 Å². The third-order valence-corrected chi connectivity index (χ3v) is 7.80. The molecule has 1 atom stereocenters. The number of nitrogens with zero attached hydrogens (tertiary/aromatic N) is 4. The van der Waals surface area contributed by atoms with Crippen LogP contribution in [-0.2, 0) is 21.4 Å². The maximum atomic E-state index is 13.1. The van der Waals surface area contributed by atoms with Crippen LogP contribution in [0.3, 0.4) is 0 Å². The largest absolute Gasteiger partial charge is 0.337 e. The number of sulfonamides is 1. The number of amides is 1. The number of carbonyl (C=O) groups is 1. The molecule has 2 aromatic carbocycles. The summed E-state index contributed by atoms with van der Waals surface area (Å²) in [5, 5.41) is 4.01. The van der Waals surface area contributed by atoms with Crippen LogP contribution in [0, 0.1) is 19.8 Å². The van der Waals surface area contributed by atoms with Gasteiger partial charge in [0.2, 0.25) is 27.6 Å². The fourth-order valence-corrected chi connectivity index (χ4v) is 5.48. The van der Waals surface area contributed by atoms with Gasteiger partial charge in [-0.25, -0.2) is 8.42 Å². The Balaban J connectivity index is 1.41. The summed E-state index contributed by atoms with van der Waals surface area (Å²) in [6.07, 6.45) is 1.27. The third-order valence-electron chi connectivity index (χ3n) is 5.92. The second kappa shape index (κ2) is 9.44. The van der Waals surface area contributed by atoms with Gasteiger partial charge in [-0.1, -0.05) is 52.7 Å². The fraction of sp³-hybridized carbons (Fsp3) is 0.375. The van der Waals surface area contributed by atoms with Gasteiger partial charge in [-0.2, -0.15) is 9.29 Å². The first-order chi connectivity index (χ1) is 15.7. The SMILES string of the molecule is Cc1ccc(-c2noc(CN(C)C(=O)[C@@H]3CCCN(S(=O)(=O)c4ccc(C)cc4)C3)n2)cc1. The molecule has 2 heterocycles. The molecule has 0 N–H and O–H groups in total. The van der Waals surface area contributed by atoms with Crippen molar-refractivity contribution in [3.63, 3.8) is 0 Å². The fourth-order valence-electron chi connectivity index (χ4n) is 3.95. The van der Waals surface area contributed by atoms with Crippen molar-refractivity contribution >= 4 is 15.9 Å². The van der Waals surface area contributed by atoms with E-state index in [1.165, 1.54) is 9.21 Å². The Bertz CT molecular complexity index is 1220. The Kier molecular flexibility index (Phi) is 6.62. The quantitative estimate of drug-likeness (QED) is 0.550. The van der Waals surface area contributed by atoms with E-state index in [1.807, 2.05) is 38.1 Å². The lowest BCUT2D eigenvalue weighted by Gasteiger charge is -2.33. The van der Waals surface area contributed by atoms with Gasteiger partial charge in [0.15, 0.2) is 0 Å². The number of hydrogen-bond acceptors (Lipinski definition) is 6. The van der Waals surface area contributed by atoms with Crippen LogP contribution >= 0.6 is 0 Å². The predicted molar refractivity (Wildman–Crippen MR) is 124 cm³/mol. The van der Waals surface area contributed by atoms with Crippen LogP contribution in [0.2, 0.25) is 0 Å². The van der Waals surface area contributed by atoms with E-state index in [-0.39, 0.29) is 23.9 Å². The van der Waals surface area contributed by atoms with Crippen LogP contribution in [0.15, 0.2) is 57.9 Å². The molecular formula is C24H28N4O4S. The number of piperidine rings is 1. The molecule has 174 valence electrons. The average molecular weight is 469 g/mol. The summed E-state index contributed by atoms with van der Waals surface area (Å²) in [5.74, 6) is 0.262. The van der Waals surface area contributed by atoms with Crippen LogP contribution in [0.25, 0.3) is 11.4 Å². The Hall–Kier alpha value is -3.04. The Morgan fingerprint density at radius 3 is 2.39 bits per heavy atom. The zero-order valence-corrected chi connectivity index (χ0v) is 19.9. The van der Waals surface area contributed by atoms with Gasteiger partial charge in [0.1, 0.15) is 0 Å². The van der Waals surface area contributed by atoms with E-state index in [2.05, 4.69) is 10.1 Å². The lowest BCUT2D eigenvalue weighted by molar-refractivity contribution is -0.136. The molecule has 0 unspecified atom stereocenters. The molecule has 1 amide bonds. The molecule has 0 saturated carbocycles. The molecule has 0 bridgehead atoms. The van der Waals surface area contributed by atoms with Gasteiger partial charge in [-0.05, 0) is 38.8 Å². The molecule has 1 aliphatic rings. The van der Waals surface area contributed by atoms with E-state index in [4.69, 9.17) is 4.52 Å². The van der Waals surface area contributed by atoms with Crippen LogP contribution in [0.5, 0.6) is 0 Å². The van der Waals surface area contributed by atoms with Crippen LogP contribution in [0.4, 0.5) is 0 Å². The standard InChI is InChI=1S/C24H28N4O4S/c1-17-6-10-19(11-7-17)23-25-22(32-26-23)16-27(3)24(29)20-5-4-14-28(15-20)33(30,31)21-12-8-18(2)9-13-21/h6-13,20H,4-5,14-16H2,1-3H3/t20-/m1/s1. The molecule has 1 saturated heterocycles. The molecule has 1 aliphatic heterocycles. The Labute approximate surface area is 194 Å². The summed E-state index contributed by atoms with van der Waals surface area (Å²) in [6, 6.07) is 14.6. The number of hydrogen-bond donors (Lipinski definition) is 0. The average Bonchev–Trinajstić information content (AvgIpc) is 3.27. The molecule has 0 radical (unpaired) electrons. The minimum atomic E-state index is -3.64. The van der Waals surface area contributed by atoms with Gasteiger partial charge < -0.3 is 9.42 Å². The highest BCUT2D eigenvalue weighted by molar-refractivity contribution is 7.89. The predicted octanol–water partition coefficient (Wildman–Crippen LogP) is 3.41. The first-order valence-electron chi connectivity index (χ1n) is 11.0. The molecule has 0 spiro atoms. The van der Waals surface area contributed by atoms with Crippen molar-refractivity contribution in [2.24, 2.45) is 5.92 Å². The monoisotopic (exact) mass is 468 g/mol. The topological polar surface area (TPSA) is 96.6 Å². The molecule has 1 fully saturated rings. The van der Waals surface area contributed by atoms with Crippen molar-refractivity contribution in [1.29, 1.82) is 0 Å². The highest BCUT2D eigenvalue weighted by atomic mass is 32.2. The van der Waals surface area contributed by atoms with E-state index in [1.54, 1.807) is 31.3 Å². The van der Waals surface area contributed by atoms with Gasteiger partial charge >= 0.3 is 0 Å². The van der Waals surface area contributed by atoms with E-state index in [0.717, 1.165) is 16.7 Å². The second-order valence-electron chi connectivity index (χ2n) is 8.59. The summed E-state index contributed by atoms with van der Waals surface area (Å²) in [4.78, 5) is 19.3. The molecular weight excluding hydrogens is 440 g/mol. The number of rotatable bonds is 6. The Morgan fingerprint density at radius 2 is 1.73 bits per heavy atom. The van der Waals surface area contributed by atoms with Crippen molar-refractivity contribution in [2.75, 3.05) is 20.1 Å². The van der Waals surface area contributed by atoms with Gasteiger partial charge in [0.25, 0.3) is 0 Å². The molecule has 3 aromatic rings. The zero-order chi connectivity index (χ0) is 23.6. The number of carbonyl (C=O) groups excluding carboxylic acids is 1. The molecule has 33 heavy (non-hydrogen) atoms. The van der Waals surface area contributed by atoms with Crippen molar-refractivity contribution in [3.8, 4) is 11.4 Å². The van der Waals surface area contributed by atoms with Gasteiger partial charge in [-0.15, -0.1) is 0 Å². The third kappa shape index (κ3) is 5.15. The van der Waals surface area contributed by atoms with Gasteiger partial charge in [0, 0.05) is 25.7 Å². The smallest absolute Gasteiger partial charge is 0.246 e. The van der Waals surface area contributed by atoms with Crippen molar-refractivity contribution in [1.82, 2.24) is 19.3 Å². The van der Waals surface area contributed by atoms with Crippen molar-refractivity contribution in [2.45, 2.75) is 38.1 Å². The summed E-state index contributed by atoms with van der Waals surface area (Å²) in [6.45, 7) is 4.66. The van der Waals surface area contributed by atoms with Crippen molar-refractivity contribution < 1.29 is 17.7 Å². The zero-order valence-electron chi connectivity index (χ0n) is 19.1. The summed E-state index contributed by atoms with van der Waals surface area (Å²) in [5.41, 5.74) is 2.97. The number of aryl methyl sites for hydroxylation is 2. The van der Waals surface area contributed by atoms with Gasteiger partial charge in [0.05, 0.1) is 17.4 Å². The van der Waals surface area contributed by atoms with E-state index in [0.29, 0.717) is 31.1 Å². The number of aromatic nitrogens is 2. The maximum absolute atomic E-state index is 13.1. The molecule has 4 rings (SSSR count). The summed E-state index contributed by atoms with van der Waals surface area (Å²) in [7, 11) is -1.97. The minimum absolute atomic E-state index is 0.131. The minimum Gasteiger partial charge on any atom is -0.337 e. The lowest BCUT2D eigenvalue weighted by atomic mass is 9.98. The van der Waals surface area contributed by atoms with Crippen LogP contribution < -0.4 is 0 Å². The number of benzene rings is 2. The van der Waals surface area contributed by atoms with Crippen molar-refractivity contribution in [3.05, 3.63) is 65.5 Å². The molecule has 8 nitrogen and oxygen atoms in total. The first kappa shape index (κ1) is 23.1. The molecule has 1 aromatic heterocycles. The highest BCUT2D eigenvalue weighted by Gasteiger charge is 2.34. The van der Waals surface area contributed by atoms with Crippen LogP contribution in [0.1, 0.15) is 29.9 Å². The maximum Gasteiger partial charge on any atom is 0.246 e. The van der Waals surface area contributed by atoms with Crippen LogP contribution in [-0.4, -0.2) is 53.8 Å². The lowest BCUT2D eigenvalue weighted by Crippen LogP contribution is -2.45. The highest BCUT2D eigenvalue weighted by Crippen LogP contribution is 2.25. The van der Waals surface area contributed by atoms with E-state index in [9.17, 15) is 13.2 Å². The summed E-state index contributed by atoms with van der Waals surface area (Å²) < 4.78 is 32.9. The van der Waals surface area contributed by atoms with Gasteiger partial charge in [-0.3, -0.25) is 4.79 Å². The molecule has 0 aliphatic carbocycles. The second-order valence-corrected chi connectivity index (χ2v) is 10.5. The summed E-state index contributed by atoms with van der Waals surface area (Å²) >= 11 is 0. The normalized spacial score (nSPS) is 17.1. The van der Waals surface area contributed by atoms with E-state index < -0.39 is 15.9 Å². The molecule has 9 heteroatoms. The Morgan fingerprint density at radius 1 is 1.09 bits per heavy atom. The first-order valence-corrected chi connectivity index (χ1v) is 12.4.